The van der Waals surface area contributed by atoms with Gasteiger partial charge in [-0.05, 0) is 45.5 Å². The Morgan fingerprint density at radius 1 is 1.29 bits per heavy atom. The minimum Gasteiger partial charge on any atom is -0.494 e. The molecule has 0 saturated heterocycles. The van der Waals surface area contributed by atoms with Gasteiger partial charge in [0.15, 0.2) is 0 Å². The lowest BCUT2D eigenvalue weighted by Gasteiger charge is -2.27. The smallest absolute Gasteiger partial charge is 0.247 e. The van der Waals surface area contributed by atoms with Gasteiger partial charge in [-0.1, -0.05) is 6.58 Å². The summed E-state index contributed by atoms with van der Waals surface area (Å²) in [4.78, 5) is 25.1. The summed E-state index contributed by atoms with van der Waals surface area (Å²) in [5.74, 6) is 1.06. The van der Waals surface area contributed by atoms with E-state index in [2.05, 4.69) is 43.5 Å². The van der Waals surface area contributed by atoms with Crippen molar-refractivity contribution in [2.75, 3.05) is 62.2 Å². The zero-order valence-electron chi connectivity index (χ0n) is 20.2. The molecule has 1 heterocycles. The van der Waals surface area contributed by atoms with Crippen molar-refractivity contribution in [1.82, 2.24) is 14.9 Å². The predicted molar refractivity (Wildman–Crippen MR) is 135 cm³/mol. The van der Waals surface area contributed by atoms with Crippen LogP contribution in [0.1, 0.15) is 24.8 Å². The van der Waals surface area contributed by atoms with Gasteiger partial charge >= 0.3 is 0 Å². The molecule has 1 amide bonds. The Kier molecular flexibility index (Phi) is 8.27. The van der Waals surface area contributed by atoms with Crippen LogP contribution in [0.25, 0.3) is 0 Å². The van der Waals surface area contributed by atoms with E-state index in [1.54, 1.807) is 13.2 Å². The van der Waals surface area contributed by atoms with E-state index in [0.717, 1.165) is 31.6 Å². The van der Waals surface area contributed by atoms with Crippen molar-refractivity contribution in [3.05, 3.63) is 36.5 Å². The number of aromatic nitrogens is 2. The summed E-state index contributed by atoms with van der Waals surface area (Å²) in [7, 11) is 7.55. The zero-order chi connectivity index (χ0) is 24.7. The minimum absolute atomic E-state index is 0.314. The minimum atomic E-state index is -0.319. The molecule has 1 aromatic heterocycles. The van der Waals surface area contributed by atoms with E-state index in [1.807, 2.05) is 32.1 Å². The maximum Gasteiger partial charge on any atom is 0.247 e. The van der Waals surface area contributed by atoms with Crippen molar-refractivity contribution < 1.29 is 9.53 Å². The van der Waals surface area contributed by atoms with Crippen LogP contribution >= 0.6 is 0 Å². The Morgan fingerprint density at radius 3 is 2.65 bits per heavy atom. The second-order valence-corrected chi connectivity index (χ2v) is 8.45. The van der Waals surface area contributed by atoms with Gasteiger partial charge in [0.25, 0.3) is 0 Å². The number of carbonyl (C=O) groups excluding carboxylic acids is 1. The Bertz CT molecular complexity index is 1080. The summed E-state index contributed by atoms with van der Waals surface area (Å²) in [6.45, 7) is 5.13. The summed E-state index contributed by atoms with van der Waals surface area (Å²) < 4.78 is 5.63. The molecule has 3 N–H and O–H groups in total. The van der Waals surface area contributed by atoms with Crippen molar-refractivity contribution in [2.45, 2.75) is 25.3 Å². The van der Waals surface area contributed by atoms with Crippen LogP contribution < -0.4 is 25.6 Å². The van der Waals surface area contributed by atoms with Crippen LogP contribution in [0.3, 0.4) is 0 Å². The summed E-state index contributed by atoms with van der Waals surface area (Å²) in [5, 5.41) is 18.8. The van der Waals surface area contributed by atoms with Gasteiger partial charge in [0.1, 0.15) is 23.2 Å². The van der Waals surface area contributed by atoms with Crippen LogP contribution in [0.2, 0.25) is 0 Å². The Balaban J connectivity index is 1.94. The Hall–Kier alpha value is -3.84. The van der Waals surface area contributed by atoms with E-state index in [1.165, 1.54) is 18.7 Å². The standard InChI is InChI=1S/C24H32N8O2/c1-6-22(33)28-18-12-19(21(34-5)13-20(18)32(4)11-10-31(2)3)29-24-26-15-16(14-25)23(30-24)27-17-8-7-9-17/h6,12-13,15,17H,1,7-11H2,2-5H3,(H,28,33)(H2,26,27,29,30). The fourth-order valence-electron chi connectivity index (χ4n) is 3.41. The van der Waals surface area contributed by atoms with Gasteiger partial charge in [-0.3, -0.25) is 4.79 Å². The molecule has 180 valence electrons. The van der Waals surface area contributed by atoms with E-state index < -0.39 is 0 Å². The molecule has 0 bridgehead atoms. The lowest BCUT2D eigenvalue weighted by molar-refractivity contribution is -0.111. The molecule has 1 aliphatic carbocycles. The summed E-state index contributed by atoms with van der Waals surface area (Å²) >= 11 is 0. The second kappa shape index (κ2) is 11.3. The molecule has 10 heteroatoms. The highest BCUT2D eigenvalue weighted by molar-refractivity contribution is 6.02. The summed E-state index contributed by atoms with van der Waals surface area (Å²) in [6, 6.07) is 6.09. The van der Waals surface area contributed by atoms with Gasteiger partial charge in [-0.25, -0.2) is 4.98 Å². The zero-order valence-corrected chi connectivity index (χ0v) is 20.2. The first-order valence-electron chi connectivity index (χ1n) is 11.2. The Morgan fingerprint density at radius 2 is 2.06 bits per heavy atom. The van der Waals surface area contributed by atoms with Crippen LogP contribution in [0.5, 0.6) is 5.75 Å². The molecule has 0 atom stereocenters. The van der Waals surface area contributed by atoms with Crippen molar-refractivity contribution in [3.63, 3.8) is 0 Å². The highest BCUT2D eigenvalue weighted by Gasteiger charge is 2.20. The summed E-state index contributed by atoms with van der Waals surface area (Å²) in [5.41, 5.74) is 2.36. The fourth-order valence-corrected chi connectivity index (χ4v) is 3.41. The lowest BCUT2D eigenvalue weighted by Crippen LogP contribution is -2.29. The quantitative estimate of drug-likeness (QED) is 0.431. The van der Waals surface area contributed by atoms with E-state index >= 15 is 0 Å². The number of anilines is 5. The summed E-state index contributed by atoms with van der Waals surface area (Å²) in [6.07, 6.45) is 6.00. The number of nitriles is 1. The average Bonchev–Trinajstić information content (AvgIpc) is 2.80. The lowest BCUT2D eigenvalue weighted by atomic mass is 9.93. The van der Waals surface area contributed by atoms with E-state index in [-0.39, 0.29) is 5.91 Å². The molecule has 1 aromatic carbocycles. The van der Waals surface area contributed by atoms with E-state index in [0.29, 0.717) is 40.5 Å². The van der Waals surface area contributed by atoms with E-state index in [4.69, 9.17) is 4.74 Å². The van der Waals surface area contributed by atoms with Crippen LogP contribution in [0.15, 0.2) is 31.0 Å². The number of nitrogens with zero attached hydrogens (tertiary/aromatic N) is 5. The number of benzene rings is 1. The molecule has 1 aliphatic rings. The normalized spacial score (nSPS) is 12.9. The van der Waals surface area contributed by atoms with Crippen LogP contribution in [-0.2, 0) is 4.79 Å². The number of methoxy groups -OCH3 is 1. The van der Waals surface area contributed by atoms with Crippen molar-refractivity contribution in [3.8, 4) is 11.8 Å². The maximum atomic E-state index is 12.1. The highest BCUT2D eigenvalue weighted by atomic mass is 16.5. The van der Waals surface area contributed by atoms with Crippen LogP contribution in [0.4, 0.5) is 28.8 Å². The number of likely N-dealkylation sites (N-methyl/N-ethyl adjacent to an activating group) is 2. The fraction of sp³-hybridized carbons (Fsp3) is 0.417. The van der Waals surface area contributed by atoms with Gasteiger partial charge in [-0.15, -0.1) is 0 Å². The Labute approximate surface area is 200 Å². The molecule has 0 radical (unpaired) electrons. The SMILES string of the molecule is C=CC(=O)Nc1cc(Nc2ncc(C#N)c(NC3CCC3)n2)c(OC)cc1N(C)CCN(C)C. The average molecular weight is 465 g/mol. The molecule has 0 spiro atoms. The van der Waals surface area contributed by atoms with Crippen LogP contribution in [0, 0.1) is 11.3 Å². The molecule has 3 rings (SSSR count). The highest BCUT2D eigenvalue weighted by Crippen LogP contribution is 2.38. The number of ether oxygens (including phenoxy) is 1. The van der Waals surface area contributed by atoms with Crippen molar-refractivity contribution in [1.29, 1.82) is 5.26 Å². The first kappa shape index (κ1) is 24.8. The van der Waals surface area contributed by atoms with Gasteiger partial charge in [-0.2, -0.15) is 10.2 Å². The molecule has 34 heavy (non-hydrogen) atoms. The maximum absolute atomic E-state index is 12.1. The molecule has 0 unspecified atom stereocenters. The molecule has 10 nitrogen and oxygen atoms in total. The monoisotopic (exact) mass is 464 g/mol. The number of hydrogen-bond acceptors (Lipinski definition) is 9. The number of nitrogens with one attached hydrogen (secondary N) is 3. The largest absolute Gasteiger partial charge is 0.494 e. The van der Waals surface area contributed by atoms with E-state index in [9.17, 15) is 10.1 Å². The molecular weight excluding hydrogens is 432 g/mol. The number of carbonyl (C=O) groups is 1. The van der Waals surface area contributed by atoms with Crippen molar-refractivity contribution in [2.24, 2.45) is 0 Å². The van der Waals surface area contributed by atoms with Crippen LogP contribution in [-0.4, -0.2) is 68.2 Å². The molecule has 1 saturated carbocycles. The van der Waals surface area contributed by atoms with Gasteiger partial charge in [0.05, 0.1) is 30.4 Å². The van der Waals surface area contributed by atoms with Gasteiger partial charge in [0, 0.05) is 32.2 Å². The molecule has 2 aromatic rings. The van der Waals surface area contributed by atoms with Gasteiger partial charge < -0.3 is 30.5 Å². The second-order valence-electron chi connectivity index (χ2n) is 8.45. The predicted octanol–water partition coefficient (Wildman–Crippen LogP) is 3.19. The number of rotatable bonds is 11. The van der Waals surface area contributed by atoms with Gasteiger partial charge in [0.2, 0.25) is 11.9 Å². The molecule has 0 aliphatic heterocycles. The third kappa shape index (κ3) is 6.14. The first-order chi connectivity index (χ1) is 16.3. The topological polar surface area (TPSA) is 118 Å². The molecule has 1 fully saturated rings. The first-order valence-corrected chi connectivity index (χ1v) is 11.2. The number of hydrogen-bond donors (Lipinski definition) is 3. The third-order valence-electron chi connectivity index (χ3n) is 5.66. The van der Waals surface area contributed by atoms with Crippen molar-refractivity contribution >= 4 is 34.7 Å². The third-order valence-corrected chi connectivity index (χ3v) is 5.66. The molecular formula is C24H32N8O2. The number of amides is 1.